The summed E-state index contributed by atoms with van der Waals surface area (Å²) in [6.07, 6.45) is 15.3. The highest BCUT2D eigenvalue weighted by Gasteiger charge is 2.64. The summed E-state index contributed by atoms with van der Waals surface area (Å²) in [6, 6.07) is 0. The van der Waals surface area contributed by atoms with Crippen LogP contribution < -0.4 is 0 Å². The SMILES string of the molecule is C.C=CC.CC.CC1C(OC(=O)CC(O)C=O)CCC2(C)C1CCC1(C)C3CCC4(C)CCCC4C3CCC21.CO. The lowest BCUT2D eigenvalue weighted by molar-refractivity contribution is -0.201. The predicted octanol–water partition coefficient (Wildman–Crippen LogP) is 8.41. The Balaban J connectivity index is 0.000000969. The minimum Gasteiger partial charge on any atom is -0.462 e. The van der Waals surface area contributed by atoms with E-state index in [0.717, 1.165) is 43.6 Å². The molecule has 0 bridgehead atoms. The van der Waals surface area contributed by atoms with Gasteiger partial charge in [-0.3, -0.25) is 4.79 Å². The number of hydrogen-bond donors (Lipinski definition) is 2. The third-order valence-corrected chi connectivity index (χ3v) is 12.3. The van der Waals surface area contributed by atoms with Crippen LogP contribution in [0, 0.1) is 51.8 Å². The summed E-state index contributed by atoms with van der Waals surface area (Å²) in [6.45, 7) is 19.4. The van der Waals surface area contributed by atoms with Gasteiger partial charge in [-0.2, -0.15) is 0 Å². The Hall–Kier alpha value is -1.20. The first-order chi connectivity index (χ1) is 19.0. The van der Waals surface area contributed by atoms with Gasteiger partial charge in [0.2, 0.25) is 0 Å². The van der Waals surface area contributed by atoms with Gasteiger partial charge in [-0.15, -0.1) is 6.58 Å². The highest BCUT2D eigenvalue weighted by atomic mass is 16.5. The fraction of sp³-hybridized carbons (Fsp3) is 0.889. The number of aliphatic hydroxyl groups is 2. The van der Waals surface area contributed by atoms with E-state index in [2.05, 4.69) is 34.3 Å². The van der Waals surface area contributed by atoms with Crippen LogP contribution in [-0.2, 0) is 14.3 Å². The smallest absolute Gasteiger partial charge is 0.309 e. The van der Waals surface area contributed by atoms with Gasteiger partial charge in [0, 0.05) is 7.11 Å². The molecule has 5 rings (SSSR count). The normalized spacial score (nSPS) is 42.4. The molecule has 0 aliphatic heterocycles. The topological polar surface area (TPSA) is 83.8 Å². The first kappa shape index (κ1) is 37.8. The van der Waals surface area contributed by atoms with E-state index in [4.69, 9.17) is 9.84 Å². The van der Waals surface area contributed by atoms with E-state index >= 15 is 0 Å². The Bertz CT molecular complexity index is 827. The summed E-state index contributed by atoms with van der Waals surface area (Å²) in [7, 11) is 1.00. The molecule has 11 unspecified atom stereocenters. The number of carbonyl (C=O) groups is 2. The molecule has 5 saturated carbocycles. The van der Waals surface area contributed by atoms with Crippen molar-refractivity contribution >= 4 is 12.3 Å². The van der Waals surface area contributed by atoms with Crippen LogP contribution in [0.1, 0.15) is 133 Å². The van der Waals surface area contributed by atoms with Crippen molar-refractivity contribution in [3.05, 3.63) is 12.7 Å². The van der Waals surface area contributed by atoms with Crippen molar-refractivity contribution < 1.29 is 24.5 Å². The van der Waals surface area contributed by atoms with Crippen molar-refractivity contribution in [1.29, 1.82) is 0 Å². The molecular formula is C36H66O5. The minimum atomic E-state index is -1.25. The van der Waals surface area contributed by atoms with Gasteiger partial charge in [0.25, 0.3) is 0 Å². The molecule has 0 aromatic rings. The molecule has 0 radical (unpaired) electrons. The zero-order chi connectivity index (χ0) is 30.3. The lowest BCUT2D eigenvalue weighted by Crippen LogP contribution is -2.61. The van der Waals surface area contributed by atoms with Crippen molar-refractivity contribution in [1.82, 2.24) is 0 Å². The highest BCUT2D eigenvalue weighted by molar-refractivity contribution is 5.74. The molecule has 11 atom stereocenters. The van der Waals surface area contributed by atoms with Crippen LogP contribution >= 0.6 is 0 Å². The van der Waals surface area contributed by atoms with Crippen LogP contribution in [0.25, 0.3) is 0 Å². The molecule has 0 amide bonds. The van der Waals surface area contributed by atoms with Gasteiger partial charge in [-0.25, -0.2) is 0 Å². The number of aliphatic hydroxyl groups excluding tert-OH is 2. The van der Waals surface area contributed by atoms with Crippen LogP contribution in [0.15, 0.2) is 12.7 Å². The fourth-order valence-corrected chi connectivity index (χ4v) is 10.7. The van der Waals surface area contributed by atoms with Crippen molar-refractivity contribution in [2.75, 3.05) is 7.11 Å². The van der Waals surface area contributed by atoms with Gasteiger partial charge in [0.15, 0.2) is 0 Å². The van der Waals surface area contributed by atoms with E-state index in [9.17, 15) is 14.7 Å². The molecule has 240 valence electrons. The number of ether oxygens (including phenoxy) is 1. The third-order valence-electron chi connectivity index (χ3n) is 12.3. The summed E-state index contributed by atoms with van der Waals surface area (Å²) in [5.41, 5.74) is 1.42. The summed E-state index contributed by atoms with van der Waals surface area (Å²) in [5.74, 6) is 4.11. The van der Waals surface area contributed by atoms with Gasteiger partial charge < -0.3 is 19.7 Å². The van der Waals surface area contributed by atoms with Gasteiger partial charge in [-0.05, 0) is 123 Å². The summed E-state index contributed by atoms with van der Waals surface area (Å²) in [4.78, 5) is 23.0. The molecule has 5 aliphatic carbocycles. The Labute approximate surface area is 253 Å². The number of fused-ring (bicyclic) bond motifs is 7. The van der Waals surface area contributed by atoms with Crippen molar-refractivity contribution in [3.63, 3.8) is 0 Å². The number of carbonyl (C=O) groups excluding carboxylic acids is 2. The average Bonchev–Trinajstić information content (AvgIpc) is 3.35. The highest BCUT2D eigenvalue weighted by Crippen LogP contribution is 2.71. The Kier molecular flexibility index (Phi) is 14.8. The average molecular weight is 579 g/mol. The Morgan fingerprint density at radius 3 is 2.10 bits per heavy atom. The lowest BCUT2D eigenvalue weighted by Gasteiger charge is -2.67. The van der Waals surface area contributed by atoms with E-state index in [-0.39, 0.29) is 20.0 Å². The van der Waals surface area contributed by atoms with Crippen molar-refractivity contribution in [2.24, 2.45) is 51.8 Å². The van der Waals surface area contributed by atoms with Crippen LogP contribution in [0.4, 0.5) is 0 Å². The molecule has 5 aliphatic rings. The maximum absolute atomic E-state index is 12.3. The second kappa shape index (κ2) is 16.0. The quantitative estimate of drug-likeness (QED) is 0.199. The van der Waals surface area contributed by atoms with Gasteiger partial charge in [0.05, 0.1) is 6.42 Å². The molecule has 41 heavy (non-hydrogen) atoms. The molecule has 0 saturated heterocycles. The van der Waals surface area contributed by atoms with Crippen molar-refractivity contribution in [2.45, 2.75) is 145 Å². The summed E-state index contributed by atoms with van der Waals surface area (Å²) < 4.78 is 5.82. The number of esters is 1. The van der Waals surface area contributed by atoms with E-state index < -0.39 is 12.1 Å². The van der Waals surface area contributed by atoms with Crippen LogP contribution in [0.3, 0.4) is 0 Å². The van der Waals surface area contributed by atoms with Crippen LogP contribution in [-0.4, -0.2) is 41.8 Å². The van der Waals surface area contributed by atoms with Crippen LogP contribution in [0.5, 0.6) is 0 Å². The molecule has 5 heteroatoms. The summed E-state index contributed by atoms with van der Waals surface area (Å²) in [5, 5.41) is 16.5. The molecular weight excluding hydrogens is 512 g/mol. The van der Waals surface area contributed by atoms with Crippen LogP contribution in [0.2, 0.25) is 0 Å². The maximum Gasteiger partial charge on any atom is 0.309 e. The standard InChI is InChI=1S/C29H46O4.C3H6.C2H6.CH4O.CH4/c1-18-21-10-14-29(4)23-9-13-27(2)12-5-6-22(27)20(23)7-8-25(29)28(21,3)15-11-24(18)33-26(32)16-19(31)17-30;1-3-2;2*1-2;/h17-25,31H,5-16H2,1-4H3;3H,1H2,2H3;1-2H3;2H,1H3;1H4. The van der Waals surface area contributed by atoms with E-state index in [1.807, 2.05) is 20.8 Å². The zero-order valence-corrected chi connectivity index (χ0v) is 27.1. The van der Waals surface area contributed by atoms with E-state index in [1.54, 1.807) is 6.08 Å². The molecule has 5 nitrogen and oxygen atoms in total. The molecule has 0 aromatic carbocycles. The molecule has 5 fully saturated rings. The zero-order valence-electron chi connectivity index (χ0n) is 27.1. The van der Waals surface area contributed by atoms with Gasteiger partial charge in [0.1, 0.15) is 18.5 Å². The van der Waals surface area contributed by atoms with Gasteiger partial charge in [-0.1, -0.05) is 61.5 Å². The number of allylic oxidation sites excluding steroid dienone is 1. The first-order valence-electron chi connectivity index (χ1n) is 16.4. The van der Waals surface area contributed by atoms with Gasteiger partial charge >= 0.3 is 5.97 Å². The largest absolute Gasteiger partial charge is 0.462 e. The van der Waals surface area contributed by atoms with Crippen molar-refractivity contribution in [3.8, 4) is 0 Å². The summed E-state index contributed by atoms with van der Waals surface area (Å²) >= 11 is 0. The predicted molar refractivity (Wildman–Crippen MR) is 170 cm³/mol. The Morgan fingerprint density at radius 1 is 0.927 bits per heavy atom. The number of aldehydes is 1. The second-order valence-corrected chi connectivity index (χ2v) is 14.0. The molecule has 0 aromatic heterocycles. The third kappa shape index (κ3) is 7.31. The molecule has 0 spiro atoms. The second-order valence-electron chi connectivity index (χ2n) is 14.0. The first-order valence-corrected chi connectivity index (χ1v) is 16.4. The number of rotatable bonds is 4. The molecule has 0 heterocycles. The lowest BCUT2D eigenvalue weighted by atomic mass is 9.38. The van der Waals surface area contributed by atoms with E-state index in [1.165, 1.54) is 57.8 Å². The Morgan fingerprint density at radius 2 is 1.49 bits per heavy atom. The monoisotopic (exact) mass is 578 g/mol. The molecule has 2 N–H and O–H groups in total. The minimum absolute atomic E-state index is 0. The number of hydrogen-bond acceptors (Lipinski definition) is 5. The fourth-order valence-electron chi connectivity index (χ4n) is 10.7. The van der Waals surface area contributed by atoms with E-state index in [0.29, 0.717) is 34.4 Å². The maximum atomic E-state index is 12.3.